The fourth-order valence-corrected chi connectivity index (χ4v) is 3.93. The Morgan fingerprint density at radius 1 is 0.444 bits per heavy atom. The van der Waals surface area contributed by atoms with Crippen molar-refractivity contribution in [2.75, 3.05) is 0 Å². The van der Waals surface area contributed by atoms with Crippen LogP contribution in [0.25, 0.3) is 0 Å². The average molecular weight is 530 g/mol. The van der Waals surface area contributed by atoms with E-state index in [1.807, 2.05) is 0 Å². The zero-order valence-electron chi connectivity index (χ0n) is 16.8. The van der Waals surface area contributed by atoms with Crippen LogP contribution in [0.15, 0.2) is 36.4 Å². The average Bonchev–Trinajstić information content (AvgIpc) is 2.79. The molecule has 14 heteroatoms. The summed E-state index contributed by atoms with van der Waals surface area (Å²) in [6.45, 7) is 0. The number of benzene rings is 3. The molecule has 4 aliphatic carbocycles. The Bertz CT molecular complexity index is 1310. The van der Waals surface area contributed by atoms with Gasteiger partial charge in [0, 0.05) is 0 Å². The van der Waals surface area contributed by atoms with E-state index < -0.39 is 92.2 Å². The number of hydrogen-bond acceptors (Lipinski definition) is 2. The minimum Gasteiger partial charge on any atom is -0.449 e. The maximum absolute atomic E-state index is 15.2. The highest BCUT2D eigenvalue weighted by Crippen LogP contribution is 2.63. The molecular weight excluding hydrogens is 524 g/mol. The standard InChI is InChI=1S/C22H6F12O2/c23-13-11-14(24)16(26)12(15(13)25)22(33,34)20(29,30)8-6-5-7(19(27,28)21(11,31)32)17-18(8)36-10-4-2-1-3-9(10)35-17/h1-6H. The zero-order valence-corrected chi connectivity index (χ0v) is 16.8. The minimum absolute atomic E-state index is 0.167. The summed E-state index contributed by atoms with van der Waals surface area (Å²) < 4.78 is 188. The molecule has 3 aromatic carbocycles. The predicted molar refractivity (Wildman–Crippen MR) is 94.9 cm³/mol. The highest BCUT2D eigenvalue weighted by Gasteiger charge is 2.68. The maximum atomic E-state index is 15.2. The SMILES string of the molecule is Fc1c(F)c2c(F)c(F)c1C(F)(F)C(F)(F)c1ccc(c3c1Oc1ccccc1O3)C(F)(F)C2(F)F. The number of fused-ring (bicyclic) bond motifs is 1. The highest BCUT2D eigenvalue weighted by atomic mass is 19.3. The summed E-state index contributed by atoms with van der Waals surface area (Å²) >= 11 is 0. The van der Waals surface area contributed by atoms with Crippen LogP contribution in [0.5, 0.6) is 23.0 Å². The number of alkyl halides is 8. The molecule has 0 amide bonds. The van der Waals surface area contributed by atoms with E-state index in [2.05, 4.69) is 0 Å². The van der Waals surface area contributed by atoms with Gasteiger partial charge in [0.2, 0.25) is 0 Å². The molecule has 1 heterocycles. The van der Waals surface area contributed by atoms with Gasteiger partial charge in [0.05, 0.1) is 11.1 Å². The summed E-state index contributed by atoms with van der Waals surface area (Å²) in [5, 5.41) is 0. The van der Waals surface area contributed by atoms with E-state index in [1.165, 1.54) is 12.1 Å². The first-order valence-electron chi connectivity index (χ1n) is 9.57. The third-order valence-corrected chi connectivity index (χ3v) is 5.74. The van der Waals surface area contributed by atoms with Crippen LogP contribution in [0.3, 0.4) is 0 Å². The van der Waals surface area contributed by atoms with Gasteiger partial charge in [-0.25, -0.2) is 17.6 Å². The van der Waals surface area contributed by atoms with Crippen LogP contribution >= 0.6 is 0 Å². The molecule has 0 spiro atoms. The quantitative estimate of drug-likeness (QED) is 0.169. The smallest absolute Gasteiger partial charge is 0.345 e. The van der Waals surface area contributed by atoms with Crippen LogP contribution in [0.1, 0.15) is 22.3 Å². The second-order valence-corrected chi connectivity index (χ2v) is 7.77. The largest absolute Gasteiger partial charge is 0.449 e. The molecule has 0 N–H and O–H groups in total. The van der Waals surface area contributed by atoms with Crippen LogP contribution in [0.4, 0.5) is 52.7 Å². The molecule has 0 atom stereocenters. The maximum Gasteiger partial charge on any atom is 0.345 e. The van der Waals surface area contributed by atoms with Gasteiger partial charge in [-0.1, -0.05) is 12.1 Å². The summed E-state index contributed by atoms with van der Waals surface area (Å²) in [5.41, 5.74) is -10.7. The Morgan fingerprint density at radius 3 is 1.06 bits per heavy atom. The lowest BCUT2D eigenvalue weighted by Gasteiger charge is -2.35. The third kappa shape index (κ3) is 2.72. The molecule has 0 saturated carbocycles. The van der Waals surface area contributed by atoms with Crippen LogP contribution in [-0.2, 0) is 23.7 Å². The summed E-state index contributed by atoms with van der Waals surface area (Å²) in [5.74, 6) is -41.8. The van der Waals surface area contributed by atoms with E-state index in [4.69, 9.17) is 9.47 Å². The second kappa shape index (κ2) is 7.01. The molecule has 0 unspecified atom stereocenters. The molecule has 0 saturated heterocycles. The zero-order chi connectivity index (χ0) is 26.6. The van der Waals surface area contributed by atoms with E-state index >= 15 is 17.6 Å². The lowest BCUT2D eigenvalue weighted by atomic mass is 9.86. The number of halogens is 12. The van der Waals surface area contributed by atoms with Gasteiger partial charge < -0.3 is 9.47 Å². The third-order valence-electron chi connectivity index (χ3n) is 5.74. The van der Waals surface area contributed by atoms with Crippen LogP contribution in [-0.4, -0.2) is 0 Å². The Labute approximate surface area is 191 Å². The number of rotatable bonds is 0. The lowest BCUT2D eigenvalue weighted by Crippen LogP contribution is -2.42. The van der Waals surface area contributed by atoms with Crippen molar-refractivity contribution in [2.24, 2.45) is 0 Å². The van der Waals surface area contributed by atoms with Gasteiger partial charge in [0.15, 0.2) is 46.3 Å². The van der Waals surface area contributed by atoms with Crippen molar-refractivity contribution in [3.8, 4) is 23.0 Å². The molecule has 0 fully saturated rings. The van der Waals surface area contributed by atoms with E-state index in [-0.39, 0.29) is 12.1 Å². The van der Waals surface area contributed by atoms with Crippen molar-refractivity contribution in [3.63, 3.8) is 0 Å². The van der Waals surface area contributed by atoms with Gasteiger partial charge >= 0.3 is 23.7 Å². The first kappa shape index (κ1) is 24.1. The first-order chi connectivity index (χ1) is 16.6. The van der Waals surface area contributed by atoms with Gasteiger partial charge in [-0.2, -0.15) is 35.1 Å². The molecule has 8 rings (SSSR count). The molecule has 0 radical (unpaired) electrons. The van der Waals surface area contributed by atoms with Gasteiger partial charge in [-0.05, 0) is 24.3 Å². The second-order valence-electron chi connectivity index (χ2n) is 7.77. The summed E-state index contributed by atoms with van der Waals surface area (Å²) in [7, 11) is 0. The van der Waals surface area contributed by atoms with Crippen LogP contribution in [0.2, 0.25) is 0 Å². The molecule has 5 aliphatic rings. The summed E-state index contributed by atoms with van der Waals surface area (Å²) in [6, 6.07) is 4.15. The molecule has 0 aromatic heterocycles. The summed E-state index contributed by atoms with van der Waals surface area (Å²) in [4.78, 5) is 0. The Kier molecular flexibility index (Phi) is 4.70. The Hall–Kier alpha value is -3.58. The van der Waals surface area contributed by atoms with Crippen molar-refractivity contribution >= 4 is 0 Å². The van der Waals surface area contributed by atoms with E-state index in [1.54, 1.807) is 0 Å². The number of ether oxygens (including phenoxy) is 2. The fraction of sp³-hybridized carbons (Fsp3) is 0.182. The van der Waals surface area contributed by atoms with E-state index in [0.717, 1.165) is 12.1 Å². The van der Waals surface area contributed by atoms with Crippen LogP contribution in [0, 0.1) is 23.3 Å². The van der Waals surface area contributed by atoms with Gasteiger partial charge in [0.25, 0.3) is 0 Å². The number of hydrogen-bond donors (Lipinski definition) is 0. The molecule has 2 nitrogen and oxygen atoms in total. The Morgan fingerprint density at radius 2 is 0.750 bits per heavy atom. The fourth-order valence-electron chi connectivity index (χ4n) is 3.93. The monoisotopic (exact) mass is 530 g/mol. The first-order valence-corrected chi connectivity index (χ1v) is 9.57. The van der Waals surface area contributed by atoms with Gasteiger partial charge in [0.1, 0.15) is 11.1 Å². The Balaban J connectivity index is 1.97. The topological polar surface area (TPSA) is 18.5 Å². The lowest BCUT2D eigenvalue weighted by molar-refractivity contribution is -0.233. The van der Waals surface area contributed by atoms with Crippen molar-refractivity contribution < 1.29 is 62.2 Å². The van der Waals surface area contributed by atoms with Crippen molar-refractivity contribution in [3.05, 3.63) is 81.9 Å². The predicted octanol–water partition coefficient (Wildman–Crippen LogP) is 8.22. The van der Waals surface area contributed by atoms with Crippen molar-refractivity contribution in [1.82, 2.24) is 0 Å². The molecule has 4 bridgehead atoms. The van der Waals surface area contributed by atoms with Crippen molar-refractivity contribution in [2.45, 2.75) is 23.7 Å². The highest BCUT2D eigenvalue weighted by molar-refractivity contribution is 5.63. The minimum atomic E-state index is -6.16. The molecule has 190 valence electrons. The molecule has 1 aliphatic heterocycles. The van der Waals surface area contributed by atoms with Crippen LogP contribution < -0.4 is 9.47 Å². The van der Waals surface area contributed by atoms with E-state index in [0.29, 0.717) is 0 Å². The number of para-hydroxylation sites is 2. The van der Waals surface area contributed by atoms with E-state index in [9.17, 15) is 35.1 Å². The van der Waals surface area contributed by atoms with Gasteiger partial charge in [-0.3, -0.25) is 0 Å². The normalized spacial score (nSPS) is 19.9. The summed E-state index contributed by atoms with van der Waals surface area (Å²) in [6.07, 6.45) is 0. The molecule has 3 aromatic rings. The molecular formula is C22H6F12O2. The van der Waals surface area contributed by atoms with Crippen molar-refractivity contribution in [1.29, 1.82) is 0 Å². The molecule has 36 heavy (non-hydrogen) atoms. The van der Waals surface area contributed by atoms with Gasteiger partial charge in [-0.15, -0.1) is 0 Å².